The number of carbonyl (C=O) groups excluding carboxylic acids is 2. The maximum Gasteiger partial charge on any atom is 0.242 e. The van der Waals surface area contributed by atoms with Crippen LogP contribution in [0.1, 0.15) is 188 Å². The monoisotopic (exact) mass is 742 g/mol. The van der Waals surface area contributed by atoms with Gasteiger partial charge >= 0.3 is 0 Å². The first kappa shape index (κ1) is 48.7. The molecule has 2 amide bonds. The van der Waals surface area contributed by atoms with Crippen LogP contribution in [0.4, 0.5) is 0 Å². The zero-order valence-corrected chi connectivity index (χ0v) is 33.9. The molecule has 10 nitrogen and oxygen atoms in total. The first-order chi connectivity index (χ1) is 25.1. The number of carbonyl (C=O) groups is 2. The van der Waals surface area contributed by atoms with E-state index < -0.39 is 61.0 Å². The molecular weight excluding hydrogens is 658 g/mol. The average Bonchev–Trinajstić information content (AvgIpc) is 3.12. The summed E-state index contributed by atoms with van der Waals surface area (Å²) >= 11 is 0. The second-order valence-corrected chi connectivity index (χ2v) is 16.2. The van der Waals surface area contributed by atoms with Crippen LogP contribution in [0.5, 0.6) is 0 Å². The molecule has 0 aromatic carbocycles. The van der Waals surface area contributed by atoms with Crippen LogP contribution in [0.2, 0.25) is 0 Å². The van der Waals surface area contributed by atoms with E-state index in [2.05, 4.69) is 24.5 Å². The Balaban J connectivity index is 2.76. The van der Waals surface area contributed by atoms with Gasteiger partial charge in [-0.25, -0.2) is 0 Å². The van der Waals surface area contributed by atoms with Crippen LogP contribution in [0.15, 0.2) is 0 Å². The fourth-order valence-electron chi connectivity index (χ4n) is 7.58. The number of hydrogen-bond acceptors (Lipinski definition) is 8. The average molecular weight is 742 g/mol. The molecule has 1 aliphatic rings. The smallest absolute Gasteiger partial charge is 0.242 e. The van der Waals surface area contributed by atoms with Crippen LogP contribution in [0.25, 0.3) is 0 Å². The summed E-state index contributed by atoms with van der Waals surface area (Å²) in [6, 6.07) is -1.89. The number of aliphatic hydroxyl groups excluding tert-OH is 4. The molecule has 0 aliphatic carbocycles. The van der Waals surface area contributed by atoms with Gasteiger partial charge in [0, 0.05) is 12.5 Å². The lowest BCUT2D eigenvalue weighted by molar-refractivity contribution is -0.243. The van der Waals surface area contributed by atoms with E-state index in [1.807, 2.05) is 13.8 Å². The van der Waals surface area contributed by atoms with Gasteiger partial charge in [0.25, 0.3) is 0 Å². The molecule has 1 aliphatic heterocycles. The highest BCUT2D eigenvalue weighted by Gasteiger charge is 2.49. The van der Waals surface area contributed by atoms with Crippen molar-refractivity contribution in [2.24, 2.45) is 17.6 Å². The van der Waals surface area contributed by atoms with Gasteiger partial charge in [0.15, 0.2) is 0 Å². The molecule has 1 rings (SSSR count). The molecule has 0 bridgehead atoms. The van der Waals surface area contributed by atoms with Crippen LogP contribution in [-0.4, -0.2) is 88.0 Å². The third-order valence-electron chi connectivity index (χ3n) is 10.9. The van der Waals surface area contributed by atoms with Gasteiger partial charge in [-0.1, -0.05) is 169 Å². The van der Waals surface area contributed by atoms with Gasteiger partial charge < -0.3 is 41.5 Å². The van der Waals surface area contributed by atoms with E-state index in [-0.39, 0.29) is 11.8 Å². The number of unbranched alkanes of at least 4 members (excludes halogenated alkanes) is 21. The van der Waals surface area contributed by atoms with Crippen LogP contribution in [-0.2, 0) is 14.3 Å². The number of hydrogen-bond donors (Lipinski definition) is 7. The minimum absolute atomic E-state index is 0.178. The summed E-state index contributed by atoms with van der Waals surface area (Å²) in [6.45, 7) is 8.30. The van der Waals surface area contributed by atoms with Gasteiger partial charge in [-0.05, 0) is 25.2 Å². The van der Waals surface area contributed by atoms with Crippen molar-refractivity contribution in [3.05, 3.63) is 0 Å². The largest absolute Gasteiger partial charge is 0.394 e. The van der Waals surface area contributed by atoms with Crippen molar-refractivity contribution in [1.29, 1.82) is 0 Å². The van der Waals surface area contributed by atoms with Gasteiger partial charge in [0.05, 0.1) is 18.8 Å². The van der Waals surface area contributed by atoms with E-state index in [1.54, 1.807) is 0 Å². The lowest BCUT2D eigenvalue weighted by Crippen LogP contribution is -2.65. The minimum Gasteiger partial charge on any atom is -0.394 e. The lowest BCUT2D eigenvalue weighted by Gasteiger charge is -2.45. The highest BCUT2D eigenvalue weighted by atomic mass is 16.5. The van der Waals surface area contributed by atoms with Crippen molar-refractivity contribution in [2.45, 2.75) is 231 Å². The number of aliphatic hydroxyl groups is 4. The predicted molar refractivity (Wildman–Crippen MR) is 212 cm³/mol. The molecule has 0 saturated carbocycles. The zero-order valence-electron chi connectivity index (χ0n) is 33.9. The Hall–Kier alpha value is -1.30. The Morgan fingerprint density at radius 3 is 1.52 bits per heavy atom. The molecule has 10 heteroatoms. The normalized spacial score (nSPS) is 22.3. The van der Waals surface area contributed by atoms with Crippen LogP contribution >= 0.6 is 0 Å². The molecule has 52 heavy (non-hydrogen) atoms. The molecule has 0 aromatic heterocycles. The molecule has 0 spiro atoms. The molecule has 8 N–H and O–H groups in total. The van der Waals surface area contributed by atoms with Crippen LogP contribution in [0.3, 0.4) is 0 Å². The first-order valence-electron chi connectivity index (χ1n) is 21.7. The van der Waals surface area contributed by atoms with Crippen LogP contribution in [0, 0.1) is 11.8 Å². The van der Waals surface area contributed by atoms with Crippen molar-refractivity contribution in [3.63, 3.8) is 0 Å². The lowest BCUT2D eigenvalue weighted by atomic mass is 9.80. The fraction of sp³-hybridized carbons (Fsp3) is 0.952. The Labute approximate surface area is 318 Å². The maximum absolute atomic E-state index is 13.9. The Kier molecular flexibility index (Phi) is 29.0. The molecule has 0 radical (unpaired) electrons. The third kappa shape index (κ3) is 21.0. The highest BCUT2D eigenvalue weighted by molar-refractivity contribution is 5.90. The van der Waals surface area contributed by atoms with E-state index in [0.717, 1.165) is 51.4 Å². The summed E-state index contributed by atoms with van der Waals surface area (Å²) < 4.78 is 6.01. The maximum atomic E-state index is 13.9. The predicted octanol–water partition coefficient (Wildman–Crippen LogP) is 6.82. The van der Waals surface area contributed by atoms with Gasteiger partial charge in [-0.3, -0.25) is 9.59 Å². The quantitative estimate of drug-likeness (QED) is 0.0359. The molecule has 1 fully saturated rings. The standard InChI is InChI=1S/C42H83N3O7/c1-5-7-9-11-13-14-15-16-17-18-19-20-21-23-25-27-29-44-42(51)36(45-41(50)34(43)30-32(3)4)33(28-26-24-22-12-10-8-6-2)40-39(49)38(48)37(47)35(31-46)52-40/h32-40,46-49H,5-31,43H2,1-4H3,(H,44,51)(H,45,50)/t33?,34-,35+,36?,37+,38-,39+,40?/m0/s1. The van der Waals surface area contributed by atoms with Crippen LogP contribution < -0.4 is 16.4 Å². The molecule has 3 unspecified atom stereocenters. The summed E-state index contributed by atoms with van der Waals surface area (Å²) in [5.41, 5.74) is 6.25. The summed E-state index contributed by atoms with van der Waals surface area (Å²) in [5, 5.41) is 48.1. The Bertz CT molecular complexity index is 877. The van der Waals surface area contributed by atoms with E-state index >= 15 is 0 Å². The second-order valence-electron chi connectivity index (χ2n) is 16.2. The van der Waals surface area contributed by atoms with E-state index in [9.17, 15) is 30.0 Å². The number of rotatable bonds is 33. The summed E-state index contributed by atoms with van der Waals surface area (Å²) in [7, 11) is 0. The van der Waals surface area contributed by atoms with E-state index in [4.69, 9.17) is 10.5 Å². The molecule has 1 saturated heterocycles. The van der Waals surface area contributed by atoms with Gasteiger partial charge in [-0.15, -0.1) is 0 Å². The molecular formula is C42H83N3O7. The second kappa shape index (κ2) is 31.0. The summed E-state index contributed by atoms with van der Waals surface area (Å²) in [4.78, 5) is 27.3. The molecule has 308 valence electrons. The van der Waals surface area contributed by atoms with Gasteiger partial charge in [-0.2, -0.15) is 0 Å². The van der Waals surface area contributed by atoms with E-state index in [0.29, 0.717) is 19.4 Å². The molecule has 8 atom stereocenters. The fourth-order valence-corrected chi connectivity index (χ4v) is 7.58. The van der Waals surface area contributed by atoms with Crippen molar-refractivity contribution >= 4 is 11.8 Å². The van der Waals surface area contributed by atoms with Crippen molar-refractivity contribution in [3.8, 4) is 0 Å². The number of amides is 2. The minimum atomic E-state index is -1.57. The van der Waals surface area contributed by atoms with Crippen molar-refractivity contribution in [2.75, 3.05) is 13.2 Å². The highest BCUT2D eigenvalue weighted by Crippen LogP contribution is 2.31. The molecule has 1 heterocycles. The number of ether oxygens (including phenoxy) is 1. The summed E-state index contributed by atoms with van der Waals surface area (Å²) in [5.74, 6) is -1.37. The topological polar surface area (TPSA) is 174 Å². The Morgan fingerprint density at radius 2 is 1.08 bits per heavy atom. The van der Waals surface area contributed by atoms with E-state index in [1.165, 1.54) is 96.3 Å². The van der Waals surface area contributed by atoms with Gasteiger partial charge in [0.1, 0.15) is 30.5 Å². The van der Waals surface area contributed by atoms with Crippen molar-refractivity contribution in [1.82, 2.24) is 10.6 Å². The van der Waals surface area contributed by atoms with Crippen molar-refractivity contribution < 1.29 is 34.8 Å². The summed E-state index contributed by atoms with van der Waals surface area (Å²) in [6.07, 6.45) is 21.7. The third-order valence-corrected chi connectivity index (χ3v) is 10.9. The van der Waals surface area contributed by atoms with Gasteiger partial charge in [0.2, 0.25) is 11.8 Å². The number of nitrogens with one attached hydrogen (secondary N) is 2. The first-order valence-corrected chi connectivity index (χ1v) is 21.7. The zero-order chi connectivity index (χ0) is 38.6. The Morgan fingerprint density at radius 1 is 0.635 bits per heavy atom. The molecule has 0 aromatic rings. The SMILES string of the molecule is CCCCCCCCCCCCCCCCCCNC(=O)C(NC(=O)[C@@H](N)CC(C)C)C(CCCCCCCCC)C1O[C@H](CO)[C@@H](O)[C@H](O)[C@H]1O. The number of nitrogens with two attached hydrogens (primary N) is 1.